The number of amides is 2. The fourth-order valence-corrected chi connectivity index (χ4v) is 1.64. The molecule has 0 spiro atoms. The maximum Gasteiger partial charge on any atom is 0.319 e. The van der Waals surface area contributed by atoms with E-state index in [-0.39, 0.29) is 12.5 Å². The fraction of sp³-hybridized carbons (Fsp3) is 0.429. The SMILES string of the molecule is CN(C)c1cccc(NC(=O)NCCCCC(=O)O)c1. The number of aliphatic carboxylic acids is 1. The van der Waals surface area contributed by atoms with E-state index in [9.17, 15) is 9.59 Å². The van der Waals surface area contributed by atoms with E-state index < -0.39 is 5.97 Å². The summed E-state index contributed by atoms with van der Waals surface area (Å²) in [6.45, 7) is 0.465. The second kappa shape index (κ2) is 8.04. The van der Waals surface area contributed by atoms with Gasteiger partial charge in [0.15, 0.2) is 0 Å². The van der Waals surface area contributed by atoms with Crippen LogP contribution in [0.3, 0.4) is 0 Å². The zero-order chi connectivity index (χ0) is 15.0. The largest absolute Gasteiger partial charge is 0.481 e. The van der Waals surface area contributed by atoms with Gasteiger partial charge in [-0.1, -0.05) is 6.07 Å². The lowest BCUT2D eigenvalue weighted by atomic mass is 10.2. The van der Waals surface area contributed by atoms with E-state index in [4.69, 9.17) is 5.11 Å². The fourth-order valence-electron chi connectivity index (χ4n) is 1.64. The van der Waals surface area contributed by atoms with E-state index in [1.165, 1.54) is 0 Å². The molecule has 0 aromatic heterocycles. The molecule has 1 aromatic rings. The first-order valence-corrected chi connectivity index (χ1v) is 6.53. The first kappa shape index (κ1) is 15.8. The van der Waals surface area contributed by atoms with Crippen LogP contribution in [0.2, 0.25) is 0 Å². The van der Waals surface area contributed by atoms with E-state index in [0.29, 0.717) is 19.4 Å². The lowest BCUT2D eigenvalue weighted by Gasteiger charge is -2.14. The van der Waals surface area contributed by atoms with Crippen molar-refractivity contribution >= 4 is 23.4 Å². The number of hydrogen-bond donors (Lipinski definition) is 3. The molecule has 0 bridgehead atoms. The van der Waals surface area contributed by atoms with Crippen LogP contribution in [0.15, 0.2) is 24.3 Å². The number of hydrogen-bond acceptors (Lipinski definition) is 3. The number of urea groups is 1. The minimum absolute atomic E-state index is 0.133. The van der Waals surface area contributed by atoms with Gasteiger partial charge in [-0.3, -0.25) is 4.79 Å². The molecule has 3 N–H and O–H groups in total. The van der Waals surface area contributed by atoms with Gasteiger partial charge >= 0.3 is 12.0 Å². The molecule has 0 heterocycles. The van der Waals surface area contributed by atoms with E-state index in [0.717, 1.165) is 11.4 Å². The summed E-state index contributed by atoms with van der Waals surface area (Å²) in [5.41, 5.74) is 1.73. The Bertz CT molecular complexity index is 461. The lowest BCUT2D eigenvalue weighted by Crippen LogP contribution is -2.29. The Balaban J connectivity index is 2.31. The third-order valence-corrected chi connectivity index (χ3v) is 2.72. The molecule has 2 amide bonds. The Labute approximate surface area is 118 Å². The van der Waals surface area contributed by atoms with Crippen molar-refractivity contribution in [2.45, 2.75) is 19.3 Å². The van der Waals surface area contributed by atoms with Gasteiger partial charge in [0.2, 0.25) is 0 Å². The highest BCUT2D eigenvalue weighted by Crippen LogP contribution is 2.16. The van der Waals surface area contributed by atoms with Gasteiger partial charge in [0.1, 0.15) is 0 Å². The molecule has 0 atom stereocenters. The van der Waals surface area contributed by atoms with Gasteiger partial charge in [-0.25, -0.2) is 4.79 Å². The van der Waals surface area contributed by atoms with Crippen LogP contribution in [-0.4, -0.2) is 37.7 Å². The lowest BCUT2D eigenvalue weighted by molar-refractivity contribution is -0.137. The summed E-state index contributed by atoms with van der Waals surface area (Å²) in [6.07, 6.45) is 1.34. The molecular formula is C14H21N3O3. The molecule has 0 unspecified atom stereocenters. The number of rotatable bonds is 7. The van der Waals surface area contributed by atoms with Crippen molar-refractivity contribution in [2.24, 2.45) is 0 Å². The summed E-state index contributed by atoms with van der Waals surface area (Å²) in [5, 5.41) is 13.9. The maximum atomic E-state index is 11.6. The standard InChI is InChI=1S/C14H21N3O3/c1-17(2)12-7-5-6-11(10-12)16-14(20)15-9-4-3-8-13(18)19/h5-7,10H,3-4,8-9H2,1-2H3,(H,18,19)(H2,15,16,20). The number of benzene rings is 1. The number of carboxylic acid groups (broad SMARTS) is 1. The zero-order valence-electron chi connectivity index (χ0n) is 11.8. The van der Waals surface area contributed by atoms with Crippen LogP contribution in [0.4, 0.5) is 16.2 Å². The number of carbonyl (C=O) groups excluding carboxylic acids is 1. The van der Waals surface area contributed by atoms with Crippen LogP contribution >= 0.6 is 0 Å². The molecule has 6 nitrogen and oxygen atoms in total. The van der Waals surface area contributed by atoms with Crippen LogP contribution in [-0.2, 0) is 4.79 Å². The Hall–Kier alpha value is -2.24. The van der Waals surface area contributed by atoms with Crippen molar-refractivity contribution in [3.05, 3.63) is 24.3 Å². The summed E-state index contributed by atoms with van der Waals surface area (Å²) in [4.78, 5) is 23.9. The summed E-state index contributed by atoms with van der Waals surface area (Å²) < 4.78 is 0. The average molecular weight is 279 g/mol. The summed E-state index contributed by atoms with van der Waals surface area (Å²) in [6, 6.07) is 7.24. The molecule has 110 valence electrons. The molecule has 0 aliphatic rings. The first-order chi connectivity index (χ1) is 9.49. The predicted molar refractivity (Wildman–Crippen MR) is 79.3 cm³/mol. The first-order valence-electron chi connectivity index (χ1n) is 6.53. The number of nitrogens with one attached hydrogen (secondary N) is 2. The Kier molecular flexibility index (Phi) is 6.36. The Morgan fingerprint density at radius 1 is 1.25 bits per heavy atom. The monoisotopic (exact) mass is 279 g/mol. The minimum Gasteiger partial charge on any atom is -0.481 e. The second-order valence-corrected chi connectivity index (χ2v) is 4.68. The molecule has 0 saturated heterocycles. The maximum absolute atomic E-state index is 11.6. The Morgan fingerprint density at radius 3 is 2.65 bits per heavy atom. The highest BCUT2D eigenvalue weighted by molar-refractivity contribution is 5.89. The van der Waals surface area contributed by atoms with Crippen molar-refractivity contribution < 1.29 is 14.7 Å². The number of unbranched alkanes of at least 4 members (excludes halogenated alkanes) is 1. The second-order valence-electron chi connectivity index (χ2n) is 4.68. The van der Waals surface area contributed by atoms with Crippen molar-refractivity contribution in [3.8, 4) is 0 Å². The quantitative estimate of drug-likeness (QED) is 0.668. The van der Waals surface area contributed by atoms with Crippen molar-refractivity contribution in [1.82, 2.24) is 5.32 Å². The van der Waals surface area contributed by atoms with Gasteiger partial charge in [0, 0.05) is 38.4 Å². The van der Waals surface area contributed by atoms with Crippen molar-refractivity contribution in [2.75, 3.05) is 30.9 Å². The van der Waals surface area contributed by atoms with E-state index in [2.05, 4.69) is 10.6 Å². The van der Waals surface area contributed by atoms with Crippen molar-refractivity contribution in [3.63, 3.8) is 0 Å². The van der Waals surface area contributed by atoms with Gasteiger partial charge in [0.05, 0.1) is 0 Å². The topological polar surface area (TPSA) is 81.7 Å². The smallest absolute Gasteiger partial charge is 0.319 e. The molecule has 0 fully saturated rings. The summed E-state index contributed by atoms with van der Waals surface area (Å²) >= 11 is 0. The third kappa shape index (κ3) is 6.08. The van der Waals surface area contributed by atoms with Crippen LogP contribution in [0, 0.1) is 0 Å². The van der Waals surface area contributed by atoms with Gasteiger partial charge in [-0.05, 0) is 31.0 Å². The molecule has 6 heteroatoms. The number of anilines is 2. The van der Waals surface area contributed by atoms with Gasteiger partial charge < -0.3 is 20.6 Å². The Morgan fingerprint density at radius 2 is 2.00 bits per heavy atom. The molecule has 0 aliphatic heterocycles. The molecule has 20 heavy (non-hydrogen) atoms. The van der Waals surface area contributed by atoms with Crippen LogP contribution in [0.1, 0.15) is 19.3 Å². The molecule has 0 aliphatic carbocycles. The number of nitrogens with zero attached hydrogens (tertiary/aromatic N) is 1. The summed E-state index contributed by atoms with van der Waals surface area (Å²) in [5.74, 6) is -0.810. The van der Waals surface area contributed by atoms with Crippen LogP contribution in [0.25, 0.3) is 0 Å². The number of carbonyl (C=O) groups is 2. The van der Waals surface area contributed by atoms with Gasteiger partial charge in [0.25, 0.3) is 0 Å². The van der Waals surface area contributed by atoms with E-state index in [1.807, 2.05) is 43.3 Å². The minimum atomic E-state index is -0.810. The third-order valence-electron chi connectivity index (χ3n) is 2.72. The number of carboxylic acids is 1. The molecule has 1 rings (SSSR count). The highest BCUT2D eigenvalue weighted by Gasteiger charge is 2.03. The van der Waals surface area contributed by atoms with Gasteiger partial charge in [-0.2, -0.15) is 0 Å². The highest BCUT2D eigenvalue weighted by atomic mass is 16.4. The van der Waals surface area contributed by atoms with E-state index >= 15 is 0 Å². The normalized spacial score (nSPS) is 9.90. The predicted octanol–water partition coefficient (Wildman–Crippen LogP) is 2.13. The van der Waals surface area contributed by atoms with Crippen molar-refractivity contribution in [1.29, 1.82) is 0 Å². The molecule has 0 radical (unpaired) electrons. The summed E-state index contributed by atoms with van der Waals surface area (Å²) in [7, 11) is 3.86. The zero-order valence-corrected chi connectivity index (χ0v) is 11.8. The molecular weight excluding hydrogens is 258 g/mol. The molecule has 0 saturated carbocycles. The van der Waals surface area contributed by atoms with E-state index in [1.54, 1.807) is 0 Å². The van der Waals surface area contributed by atoms with Crippen LogP contribution in [0.5, 0.6) is 0 Å². The van der Waals surface area contributed by atoms with Gasteiger partial charge in [-0.15, -0.1) is 0 Å². The van der Waals surface area contributed by atoms with Crippen LogP contribution < -0.4 is 15.5 Å². The average Bonchev–Trinajstić information content (AvgIpc) is 2.38. The molecule has 1 aromatic carbocycles.